The molecule has 0 fully saturated rings. The minimum absolute atomic E-state index is 0. The van der Waals surface area contributed by atoms with Crippen molar-refractivity contribution < 1.29 is 53.5 Å². The zero-order valence-corrected chi connectivity index (χ0v) is 18.2. The topological polar surface area (TPSA) is 82.8 Å². The van der Waals surface area contributed by atoms with Crippen LogP contribution in [0.15, 0.2) is 35.1 Å². The predicted octanol–water partition coefficient (Wildman–Crippen LogP) is -5.18. The number of hydrogen-bond donors (Lipinski definition) is 2. The van der Waals surface area contributed by atoms with Crippen molar-refractivity contribution in [1.82, 2.24) is 9.13 Å². The Morgan fingerprint density at radius 1 is 0.808 bits per heavy atom. The van der Waals surface area contributed by atoms with Crippen molar-refractivity contribution in [2.75, 3.05) is 0 Å². The lowest BCUT2D eigenvalue weighted by molar-refractivity contribution is -0.672. The van der Waals surface area contributed by atoms with E-state index < -0.39 is 0 Å². The Balaban J connectivity index is 0.00000312. The Hall–Kier alpha value is -1.68. The Labute approximate surface area is 174 Å². The van der Waals surface area contributed by atoms with E-state index in [1.54, 1.807) is 0 Å². The molecule has 2 N–H and O–H groups in total. The van der Waals surface area contributed by atoms with Crippen molar-refractivity contribution in [3.63, 3.8) is 0 Å². The molecular weight excluding hydrogens is 468 g/mol. The van der Waals surface area contributed by atoms with Crippen LogP contribution in [0, 0.1) is 0 Å². The van der Waals surface area contributed by atoms with Gasteiger partial charge in [0.15, 0.2) is 12.4 Å². The first-order valence-corrected chi connectivity index (χ1v) is 8.11. The van der Waals surface area contributed by atoms with Crippen molar-refractivity contribution in [2.24, 2.45) is 24.4 Å². The van der Waals surface area contributed by atoms with E-state index in [0.29, 0.717) is 0 Å². The Morgan fingerprint density at radius 2 is 1.19 bits per heavy atom. The van der Waals surface area contributed by atoms with E-state index in [1.807, 2.05) is 48.0 Å². The van der Waals surface area contributed by atoms with Crippen molar-refractivity contribution in [3.05, 3.63) is 36.4 Å². The normalized spacial score (nSPS) is 11.0. The van der Waals surface area contributed by atoms with Gasteiger partial charge >= 0.3 is 11.6 Å². The lowest BCUT2D eigenvalue weighted by atomic mass is 10.2. The van der Waals surface area contributed by atoms with E-state index in [-0.39, 0.29) is 34.0 Å². The average molecular weight is 494 g/mol. The third-order valence-corrected chi connectivity index (χ3v) is 4.15. The minimum atomic E-state index is 0. The van der Waals surface area contributed by atoms with E-state index in [0.717, 1.165) is 50.4 Å². The highest BCUT2D eigenvalue weighted by Gasteiger charge is 2.13. The lowest BCUT2D eigenvalue weighted by Crippen LogP contribution is -3.00. The number of imidazole rings is 2. The van der Waals surface area contributed by atoms with Gasteiger partial charge in [0.25, 0.3) is 0 Å². The number of nitrogens with zero attached hydrogens (tertiary/aromatic N) is 6. The van der Waals surface area contributed by atoms with E-state index >= 15 is 0 Å². The molecule has 2 heterocycles. The van der Waals surface area contributed by atoms with Gasteiger partial charge in [0.1, 0.15) is 24.8 Å². The first-order valence-electron chi connectivity index (χ1n) is 8.11. The van der Waals surface area contributed by atoms with Crippen molar-refractivity contribution >= 4 is 12.4 Å². The van der Waals surface area contributed by atoms with Crippen LogP contribution < -0.4 is 43.1 Å². The van der Waals surface area contributed by atoms with Crippen LogP contribution in [0.4, 0.5) is 0 Å². The lowest BCUT2D eigenvalue weighted by Gasteiger charge is -2.01. The maximum Gasteiger partial charge on any atom is 0.303 e. The van der Waals surface area contributed by atoms with Gasteiger partial charge in [-0.2, -0.15) is 0 Å². The van der Waals surface area contributed by atoms with E-state index in [1.165, 1.54) is 12.4 Å². The maximum absolute atomic E-state index is 8.71. The van der Waals surface area contributed by atoms with Crippen LogP contribution in [-0.4, -0.2) is 32.0 Å². The molecule has 0 radical (unpaired) electrons. The van der Waals surface area contributed by atoms with E-state index in [2.05, 4.69) is 19.4 Å². The SMILES string of the molecule is C[n+]1ccn(CCCCCCn2cc[n+](C)c2/C=N\O)c1/C=N\O.[Br-].[Br-]. The van der Waals surface area contributed by atoms with E-state index in [4.69, 9.17) is 10.4 Å². The fourth-order valence-electron chi connectivity index (χ4n) is 2.80. The fourth-order valence-corrected chi connectivity index (χ4v) is 2.80. The largest absolute Gasteiger partial charge is 1.00 e. The van der Waals surface area contributed by atoms with Crippen LogP contribution >= 0.6 is 0 Å². The van der Waals surface area contributed by atoms with E-state index in [9.17, 15) is 0 Å². The average Bonchev–Trinajstić information content (AvgIpc) is 3.09. The van der Waals surface area contributed by atoms with Gasteiger partial charge < -0.3 is 44.4 Å². The van der Waals surface area contributed by atoms with Gasteiger partial charge in [-0.05, 0) is 25.7 Å². The van der Waals surface area contributed by atoms with Gasteiger partial charge in [0, 0.05) is 0 Å². The summed E-state index contributed by atoms with van der Waals surface area (Å²) in [6, 6.07) is 0. The Bertz CT molecular complexity index is 651. The highest BCUT2D eigenvalue weighted by atomic mass is 79.9. The summed E-state index contributed by atoms with van der Waals surface area (Å²) in [6.07, 6.45) is 15.2. The van der Waals surface area contributed by atoms with Crippen molar-refractivity contribution in [3.8, 4) is 0 Å². The highest BCUT2D eigenvalue weighted by Crippen LogP contribution is 2.06. The molecule has 0 bridgehead atoms. The van der Waals surface area contributed by atoms with Crippen LogP contribution in [0.2, 0.25) is 0 Å². The number of halogens is 2. The predicted molar refractivity (Wildman–Crippen MR) is 88.4 cm³/mol. The summed E-state index contributed by atoms with van der Waals surface area (Å²) >= 11 is 0. The summed E-state index contributed by atoms with van der Waals surface area (Å²) in [6.45, 7) is 1.81. The smallest absolute Gasteiger partial charge is 0.303 e. The number of aryl methyl sites for hydroxylation is 4. The van der Waals surface area contributed by atoms with Gasteiger partial charge in [-0.15, -0.1) is 0 Å². The second kappa shape index (κ2) is 12.6. The molecule has 0 atom stereocenters. The molecule has 0 aliphatic carbocycles. The molecule has 2 aromatic heterocycles. The van der Waals surface area contributed by atoms with Crippen LogP contribution in [0.5, 0.6) is 0 Å². The summed E-state index contributed by atoms with van der Waals surface area (Å²) in [5, 5.41) is 23.7. The Morgan fingerprint density at radius 3 is 1.54 bits per heavy atom. The first kappa shape index (κ1) is 24.3. The highest BCUT2D eigenvalue weighted by molar-refractivity contribution is 5.72. The number of rotatable bonds is 9. The molecule has 0 unspecified atom stereocenters. The summed E-state index contributed by atoms with van der Waals surface area (Å²) in [5.41, 5.74) is 0. The van der Waals surface area contributed by atoms with Gasteiger partial charge in [0.05, 0.1) is 27.2 Å². The molecule has 2 aromatic rings. The van der Waals surface area contributed by atoms with Crippen LogP contribution in [0.25, 0.3) is 0 Å². The summed E-state index contributed by atoms with van der Waals surface area (Å²) < 4.78 is 8.02. The second-order valence-corrected chi connectivity index (χ2v) is 5.82. The molecule has 8 nitrogen and oxygen atoms in total. The van der Waals surface area contributed by atoms with Gasteiger partial charge in [-0.1, -0.05) is 10.3 Å². The zero-order valence-electron chi connectivity index (χ0n) is 15.0. The molecule has 0 saturated heterocycles. The van der Waals surface area contributed by atoms with Crippen molar-refractivity contribution in [2.45, 2.75) is 38.8 Å². The third kappa shape index (κ3) is 6.56. The third-order valence-electron chi connectivity index (χ3n) is 4.15. The molecule has 26 heavy (non-hydrogen) atoms. The van der Waals surface area contributed by atoms with Crippen molar-refractivity contribution in [1.29, 1.82) is 0 Å². The van der Waals surface area contributed by atoms with Gasteiger partial charge in [-0.3, -0.25) is 0 Å². The number of unbranched alkanes of at least 4 members (excludes halogenated alkanes) is 3. The second-order valence-electron chi connectivity index (χ2n) is 5.82. The number of hydrogen-bond acceptors (Lipinski definition) is 4. The monoisotopic (exact) mass is 492 g/mol. The first-order chi connectivity index (χ1) is 11.7. The molecule has 0 aliphatic heterocycles. The number of oxime groups is 2. The number of aromatic nitrogens is 4. The molecule has 0 aliphatic rings. The zero-order chi connectivity index (χ0) is 17.4. The minimum Gasteiger partial charge on any atom is -1.00 e. The van der Waals surface area contributed by atoms with Gasteiger partial charge in [-0.25, -0.2) is 18.3 Å². The molecule has 146 valence electrons. The standard InChI is InChI=1S/C16H24N6O2.2BrH/c1-19-9-11-21(15(19)13-17-23)7-5-3-4-6-8-22-12-10-20(2)16(22)14-18-24;;/h9-14H,3-8H2,1-2H3;2*1H. The molecule has 0 aromatic carbocycles. The van der Waals surface area contributed by atoms with Crippen LogP contribution in [0.3, 0.4) is 0 Å². The maximum atomic E-state index is 8.71. The molecule has 2 rings (SSSR count). The molecule has 10 heteroatoms. The fraction of sp³-hybridized carbons (Fsp3) is 0.500. The molecular formula is C16H26Br2N6O2. The Kier molecular flexibility index (Phi) is 11.8. The van der Waals surface area contributed by atoms with Crippen LogP contribution in [-0.2, 0) is 27.2 Å². The molecule has 0 spiro atoms. The summed E-state index contributed by atoms with van der Waals surface area (Å²) in [4.78, 5) is 0. The summed E-state index contributed by atoms with van der Waals surface area (Å²) in [7, 11) is 3.86. The molecule has 0 saturated carbocycles. The quantitative estimate of drug-likeness (QED) is 0.120. The van der Waals surface area contributed by atoms with Crippen LogP contribution in [0.1, 0.15) is 37.3 Å². The molecule has 0 amide bonds. The summed E-state index contributed by atoms with van der Waals surface area (Å²) in [5.74, 6) is 1.76. The van der Waals surface area contributed by atoms with Gasteiger partial charge in [0.2, 0.25) is 0 Å².